The third-order valence-electron chi connectivity index (χ3n) is 3.45. The highest BCUT2D eigenvalue weighted by Crippen LogP contribution is 2.27. The van der Waals surface area contributed by atoms with Crippen molar-refractivity contribution < 1.29 is 9.94 Å². The summed E-state index contributed by atoms with van der Waals surface area (Å²) >= 11 is 0. The maximum absolute atomic E-state index is 8.57. The molecule has 0 aromatic heterocycles. The fourth-order valence-corrected chi connectivity index (χ4v) is 2.20. The molecule has 3 N–H and O–H groups in total. The van der Waals surface area contributed by atoms with Crippen molar-refractivity contribution in [2.24, 2.45) is 10.9 Å². The highest BCUT2D eigenvalue weighted by atomic mass is 16.5. The van der Waals surface area contributed by atoms with Crippen molar-refractivity contribution in [1.29, 1.82) is 0 Å². The van der Waals surface area contributed by atoms with Gasteiger partial charge >= 0.3 is 0 Å². The lowest BCUT2D eigenvalue weighted by molar-refractivity contribution is 0.230. The zero-order valence-electron chi connectivity index (χ0n) is 11.7. The van der Waals surface area contributed by atoms with E-state index >= 15 is 0 Å². The topological polar surface area (TPSA) is 71.1 Å². The number of rotatable bonds is 9. The van der Waals surface area contributed by atoms with Gasteiger partial charge in [-0.2, -0.15) is 0 Å². The molecule has 1 aliphatic rings. The SMILES string of the molecule is NC(CCN(CCCOc1ccccc1)C1CC1)=NO. The molecule has 0 radical (unpaired) electrons. The van der Waals surface area contributed by atoms with Gasteiger partial charge in [0.1, 0.15) is 11.6 Å². The highest BCUT2D eigenvalue weighted by Gasteiger charge is 2.28. The maximum Gasteiger partial charge on any atom is 0.140 e. The van der Waals surface area contributed by atoms with Crippen LogP contribution in [-0.4, -0.2) is 41.7 Å². The van der Waals surface area contributed by atoms with Gasteiger partial charge in [0.15, 0.2) is 0 Å². The number of nitrogens with zero attached hydrogens (tertiary/aromatic N) is 2. The Balaban J connectivity index is 1.65. The standard InChI is InChI=1S/C15H23N3O2/c16-15(17-19)9-11-18(13-7-8-13)10-4-12-20-14-5-2-1-3-6-14/h1-3,5-6,13,19H,4,7-12H2,(H2,16,17). The summed E-state index contributed by atoms with van der Waals surface area (Å²) in [6, 6.07) is 10.5. The first-order valence-corrected chi connectivity index (χ1v) is 7.18. The first kappa shape index (κ1) is 14.7. The van der Waals surface area contributed by atoms with Crippen LogP contribution in [0.15, 0.2) is 35.5 Å². The molecule has 0 spiro atoms. The van der Waals surface area contributed by atoms with Crippen LogP contribution in [0.3, 0.4) is 0 Å². The molecule has 1 aliphatic carbocycles. The van der Waals surface area contributed by atoms with Crippen molar-refractivity contribution in [3.8, 4) is 5.75 Å². The lowest BCUT2D eigenvalue weighted by Gasteiger charge is -2.21. The summed E-state index contributed by atoms with van der Waals surface area (Å²) in [7, 11) is 0. The minimum atomic E-state index is 0.302. The number of amidine groups is 1. The Kier molecular flexibility index (Phi) is 5.68. The van der Waals surface area contributed by atoms with Crippen LogP contribution >= 0.6 is 0 Å². The van der Waals surface area contributed by atoms with Gasteiger partial charge in [0.2, 0.25) is 0 Å². The molecule has 1 aromatic rings. The molecule has 1 saturated carbocycles. The average molecular weight is 277 g/mol. The van der Waals surface area contributed by atoms with Crippen LogP contribution in [0.4, 0.5) is 0 Å². The van der Waals surface area contributed by atoms with Crippen LogP contribution < -0.4 is 10.5 Å². The maximum atomic E-state index is 8.57. The molecule has 0 heterocycles. The first-order valence-electron chi connectivity index (χ1n) is 7.18. The van der Waals surface area contributed by atoms with Crippen molar-refractivity contribution in [2.75, 3.05) is 19.7 Å². The molecular formula is C15H23N3O2. The molecule has 0 bridgehead atoms. The predicted molar refractivity (Wildman–Crippen MR) is 79.2 cm³/mol. The normalized spacial score (nSPS) is 15.6. The van der Waals surface area contributed by atoms with Crippen molar-refractivity contribution >= 4 is 5.84 Å². The van der Waals surface area contributed by atoms with E-state index in [1.165, 1.54) is 12.8 Å². The fraction of sp³-hybridized carbons (Fsp3) is 0.533. The molecule has 0 saturated heterocycles. The van der Waals surface area contributed by atoms with Crippen LogP contribution in [0.2, 0.25) is 0 Å². The van der Waals surface area contributed by atoms with Crippen molar-refractivity contribution in [3.63, 3.8) is 0 Å². The fourth-order valence-electron chi connectivity index (χ4n) is 2.20. The minimum absolute atomic E-state index is 0.302. The summed E-state index contributed by atoms with van der Waals surface area (Å²) in [5.41, 5.74) is 5.52. The summed E-state index contributed by atoms with van der Waals surface area (Å²) in [4.78, 5) is 2.41. The van der Waals surface area contributed by atoms with Crippen molar-refractivity contribution in [2.45, 2.75) is 31.7 Å². The minimum Gasteiger partial charge on any atom is -0.494 e. The number of hydrogen-bond acceptors (Lipinski definition) is 4. The lowest BCUT2D eigenvalue weighted by Crippen LogP contribution is -2.31. The summed E-state index contributed by atoms with van der Waals surface area (Å²) in [6.45, 7) is 2.57. The zero-order valence-corrected chi connectivity index (χ0v) is 11.7. The number of oxime groups is 1. The Morgan fingerprint density at radius 3 is 2.70 bits per heavy atom. The Hall–Kier alpha value is -1.75. The predicted octanol–water partition coefficient (Wildman–Crippen LogP) is 2.06. The van der Waals surface area contributed by atoms with Crippen molar-refractivity contribution in [3.05, 3.63) is 30.3 Å². The number of para-hydroxylation sites is 1. The van der Waals surface area contributed by atoms with Gasteiger partial charge in [-0.25, -0.2) is 0 Å². The van der Waals surface area contributed by atoms with Gasteiger partial charge in [-0.3, -0.25) is 4.90 Å². The van der Waals surface area contributed by atoms with Gasteiger partial charge in [0, 0.05) is 25.6 Å². The number of benzene rings is 1. The monoisotopic (exact) mass is 277 g/mol. The number of nitrogens with two attached hydrogens (primary N) is 1. The van der Waals surface area contributed by atoms with Gasteiger partial charge in [0.25, 0.3) is 0 Å². The molecular weight excluding hydrogens is 254 g/mol. The molecule has 5 heteroatoms. The van der Waals surface area contributed by atoms with E-state index in [1.54, 1.807) is 0 Å². The quantitative estimate of drug-likeness (QED) is 0.238. The molecule has 5 nitrogen and oxygen atoms in total. The molecule has 0 aliphatic heterocycles. The summed E-state index contributed by atoms with van der Waals surface area (Å²) < 4.78 is 5.69. The molecule has 0 atom stereocenters. The number of hydrogen-bond donors (Lipinski definition) is 2. The van der Waals surface area contributed by atoms with E-state index in [2.05, 4.69) is 10.1 Å². The Labute approximate surface area is 120 Å². The van der Waals surface area contributed by atoms with E-state index in [0.717, 1.165) is 31.9 Å². The zero-order chi connectivity index (χ0) is 14.2. The second kappa shape index (κ2) is 7.75. The van der Waals surface area contributed by atoms with Gasteiger partial charge in [-0.05, 0) is 31.4 Å². The third kappa shape index (κ3) is 5.09. The molecule has 1 aromatic carbocycles. The second-order valence-corrected chi connectivity index (χ2v) is 5.12. The van der Waals surface area contributed by atoms with Crippen LogP contribution in [-0.2, 0) is 0 Å². The third-order valence-corrected chi connectivity index (χ3v) is 3.45. The summed E-state index contributed by atoms with van der Waals surface area (Å²) in [5, 5.41) is 11.6. The van der Waals surface area contributed by atoms with Crippen molar-refractivity contribution in [1.82, 2.24) is 4.90 Å². The summed E-state index contributed by atoms with van der Waals surface area (Å²) in [6.07, 6.45) is 4.12. The van der Waals surface area contributed by atoms with Crippen LogP contribution in [0.5, 0.6) is 5.75 Å². The van der Waals surface area contributed by atoms with E-state index in [-0.39, 0.29) is 0 Å². The largest absolute Gasteiger partial charge is 0.494 e. The molecule has 2 rings (SSSR count). The molecule has 110 valence electrons. The Morgan fingerprint density at radius 2 is 2.05 bits per heavy atom. The van der Waals surface area contributed by atoms with E-state index < -0.39 is 0 Å². The van der Waals surface area contributed by atoms with Gasteiger partial charge in [-0.1, -0.05) is 23.4 Å². The molecule has 20 heavy (non-hydrogen) atoms. The second-order valence-electron chi connectivity index (χ2n) is 5.12. The molecule has 0 amide bonds. The number of ether oxygens (including phenoxy) is 1. The van der Waals surface area contributed by atoms with E-state index in [0.29, 0.717) is 18.3 Å². The molecule has 1 fully saturated rings. The van der Waals surface area contributed by atoms with E-state index in [9.17, 15) is 0 Å². The van der Waals surface area contributed by atoms with Crippen LogP contribution in [0, 0.1) is 0 Å². The summed E-state index contributed by atoms with van der Waals surface area (Å²) in [5.74, 6) is 1.22. The van der Waals surface area contributed by atoms with Crippen LogP contribution in [0.1, 0.15) is 25.7 Å². The molecule has 0 unspecified atom stereocenters. The Morgan fingerprint density at radius 1 is 1.30 bits per heavy atom. The smallest absolute Gasteiger partial charge is 0.140 e. The first-order chi connectivity index (χ1) is 9.79. The lowest BCUT2D eigenvalue weighted by atomic mass is 10.3. The van der Waals surface area contributed by atoms with Gasteiger partial charge in [0.05, 0.1) is 6.61 Å². The highest BCUT2D eigenvalue weighted by molar-refractivity contribution is 5.79. The van der Waals surface area contributed by atoms with Gasteiger partial charge in [-0.15, -0.1) is 0 Å². The van der Waals surface area contributed by atoms with E-state index in [1.807, 2.05) is 30.3 Å². The van der Waals surface area contributed by atoms with Gasteiger partial charge < -0.3 is 15.7 Å². The Bertz CT molecular complexity index is 418. The van der Waals surface area contributed by atoms with Crippen LogP contribution in [0.25, 0.3) is 0 Å². The average Bonchev–Trinajstić information content (AvgIpc) is 3.32. The van der Waals surface area contributed by atoms with E-state index in [4.69, 9.17) is 15.7 Å².